The van der Waals surface area contributed by atoms with Crippen LogP contribution in [0.4, 0.5) is 5.13 Å². The van der Waals surface area contributed by atoms with Gasteiger partial charge >= 0.3 is 0 Å². The SMILES string of the molecule is Cc1nc(N)sc1Cc1ccccc1.Cl. The summed E-state index contributed by atoms with van der Waals surface area (Å²) in [4.78, 5) is 5.46. The third-order valence-corrected chi connectivity index (χ3v) is 3.10. The Morgan fingerprint density at radius 1 is 1.27 bits per heavy atom. The third kappa shape index (κ3) is 2.94. The van der Waals surface area contributed by atoms with Gasteiger partial charge in [-0.25, -0.2) is 4.98 Å². The Balaban J connectivity index is 0.00000112. The lowest BCUT2D eigenvalue weighted by atomic mass is 10.1. The van der Waals surface area contributed by atoms with Crippen molar-refractivity contribution in [2.75, 3.05) is 5.73 Å². The molecule has 0 saturated heterocycles. The number of rotatable bonds is 2. The molecule has 0 bridgehead atoms. The molecule has 0 unspecified atom stereocenters. The summed E-state index contributed by atoms with van der Waals surface area (Å²) in [5.74, 6) is 0. The number of aryl methyl sites for hydroxylation is 1. The summed E-state index contributed by atoms with van der Waals surface area (Å²) >= 11 is 1.58. The monoisotopic (exact) mass is 240 g/mol. The Hall–Kier alpha value is -1.06. The summed E-state index contributed by atoms with van der Waals surface area (Å²) in [5.41, 5.74) is 8.00. The minimum Gasteiger partial charge on any atom is -0.375 e. The van der Waals surface area contributed by atoms with E-state index in [2.05, 4.69) is 29.2 Å². The van der Waals surface area contributed by atoms with E-state index in [0.717, 1.165) is 12.1 Å². The lowest BCUT2D eigenvalue weighted by molar-refractivity contribution is 1.15. The normalized spacial score (nSPS) is 9.67. The third-order valence-electron chi connectivity index (χ3n) is 2.12. The molecule has 80 valence electrons. The number of halogens is 1. The van der Waals surface area contributed by atoms with Crippen LogP contribution in [0, 0.1) is 6.92 Å². The molecule has 0 aliphatic rings. The zero-order chi connectivity index (χ0) is 9.97. The Labute approximate surface area is 99.6 Å². The lowest BCUT2D eigenvalue weighted by Gasteiger charge is -1.98. The number of thiazole rings is 1. The molecule has 1 heterocycles. The Morgan fingerprint density at radius 2 is 1.93 bits per heavy atom. The van der Waals surface area contributed by atoms with Gasteiger partial charge in [-0.3, -0.25) is 0 Å². The van der Waals surface area contributed by atoms with E-state index < -0.39 is 0 Å². The summed E-state index contributed by atoms with van der Waals surface area (Å²) in [6.07, 6.45) is 0.932. The van der Waals surface area contributed by atoms with Gasteiger partial charge in [0.25, 0.3) is 0 Å². The van der Waals surface area contributed by atoms with Gasteiger partial charge in [0.2, 0.25) is 0 Å². The number of nitrogens with zero attached hydrogens (tertiary/aromatic N) is 1. The van der Waals surface area contributed by atoms with Crippen molar-refractivity contribution in [2.24, 2.45) is 0 Å². The predicted molar refractivity (Wildman–Crippen MR) is 67.8 cm³/mol. The van der Waals surface area contributed by atoms with E-state index in [1.54, 1.807) is 11.3 Å². The van der Waals surface area contributed by atoms with Crippen molar-refractivity contribution >= 4 is 28.9 Å². The quantitative estimate of drug-likeness (QED) is 0.877. The fourth-order valence-corrected chi connectivity index (χ4v) is 2.26. The first kappa shape index (κ1) is 12.0. The van der Waals surface area contributed by atoms with Gasteiger partial charge in [-0.05, 0) is 12.5 Å². The fourth-order valence-electron chi connectivity index (χ4n) is 1.40. The van der Waals surface area contributed by atoms with E-state index in [1.807, 2.05) is 13.0 Å². The summed E-state index contributed by atoms with van der Waals surface area (Å²) in [6.45, 7) is 2.01. The molecule has 0 amide bonds. The standard InChI is InChI=1S/C11H12N2S.ClH/c1-8-10(14-11(12)13-8)7-9-5-3-2-4-6-9;/h2-6H,7H2,1H3,(H2,12,13);1H. The molecule has 15 heavy (non-hydrogen) atoms. The van der Waals surface area contributed by atoms with Crippen LogP contribution in [-0.4, -0.2) is 4.98 Å². The number of nitrogen functional groups attached to an aromatic ring is 1. The molecule has 0 radical (unpaired) electrons. The van der Waals surface area contributed by atoms with Crippen LogP contribution in [0.15, 0.2) is 30.3 Å². The highest BCUT2D eigenvalue weighted by molar-refractivity contribution is 7.15. The maximum Gasteiger partial charge on any atom is 0.180 e. The van der Waals surface area contributed by atoms with Gasteiger partial charge < -0.3 is 5.73 Å². The number of nitrogens with two attached hydrogens (primary N) is 1. The Kier molecular flexibility index (Phi) is 4.12. The first-order chi connectivity index (χ1) is 6.75. The molecule has 2 N–H and O–H groups in total. The van der Waals surface area contributed by atoms with E-state index in [1.165, 1.54) is 10.4 Å². The van der Waals surface area contributed by atoms with Crippen molar-refractivity contribution in [3.63, 3.8) is 0 Å². The lowest BCUT2D eigenvalue weighted by Crippen LogP contribution is -1.86. The van der Waals surface area contributed by atoms with Crippen LogP contribution in [0.3, 0.4) is 0 Å². The van der Waals surface area contributed by atoms with Gasteiger partial charge in [0, 0.05) is 11.3 Å². The van der Waals surface area contributed by atoms with E-state index in [0.29, 0.717) is 5.13 Å². The van der Waals surface area contributed by atoms with Gasteiger partial charge in [0.1, 0.15) is 0 Å². The molecule has 0 aliphatic carbocycles. The average molecular weight is 241 g/mol. The highest BCUT2D eigenvalue weighted by Gasteiger charge is 2.05. The van der Waals surface area contributed by atoms with Gasteiger partial charge in [-0.2, -0.15) is 0 Å². The van der Waals surface area contributed by atoms with Crippen molar-refractivity contribution in [2.45, 2.75) is 13.3 Å². The second-order valence-corrected chi connectivity index (χ2v) is 4.34. The summed E-state index contributed by atoms with van der Waals surface area (Å²) < 4.78 is 0. The molecular formula is C11H13ClN2S. The smallest absolute Gasteiger partial charge is 0.180 e. The van der Waals surface area contributed by atoms with Gasteiger partial charge in [-0.15, -0.1) is 23.7 Å². The number of benzene rings is 1. The number of hydrogen-bond acceptors (Lipinski definition) is 3. The second kappa shape index (κ2) is 5.14. The average Bonchev–Trinajstić information content (AvgIpc) is 2.47. The van der Waals surface area contributed by atoms with E-state index in [9.17, 15) is 0 Å². The summed E-state index contributed by atoms with van der Waals surface area (Å²) in [5, 5.41) is 0.661. The van der Waals surface area contributed by atoms with Crippen LogP contribution in [-0.2, 0) is 6.42 Å². The minimum absolute atomic E-state index is 0. The van der Waals surface area contributed by atoms with E-state index >= 15 is 0 Å². The molecule has 0 saturated carbocycles. The van der Waals surface area contributed by atoms with Crippen LogP contribution in [0.2, 0.25) is 0 Å². The Bertz CT molecular complexity index is 425. The van der Waals surface area contributed by atoms with Crippen molar-refractivity contribution < 1.29 is 0 Å². The van der Waals surface area contributed by atoms with Crippen LogP contribution in [0.1, 0.15) is 16.1 Å². The molecule has 1 aromatic heterocycles. The molecule has 4 heteroatoms. The maximum absolute atomic E-state index is 5.64. The molecular weight excluding hydrogens is 228 g/mol. The van der Waals surface area contributed by atoms with Crippen LogP contribution in [0.25, 0.3) is 0 Å². The largest absolute Gasteiger partial charge is 0.375 e. The highest BCUT2D eigenvalue weighted by atomic mass is 35.5. The number of anilines is 1. The topological polar surface area (TPSA) is 38.9 Å². The van der Waals surface area contributed by atoms with Gasteiger partial charge in [0.15, 0.2) is 5.13 Å². The Morgan fingerprint density at radius 3 is 2.47 bits per heavy atom. The van der Waals surface area contributed by atoms with Crippen LogP contribution >= 0.6 is 23.7 Å². The first-order valence-corrected chi connectivity index (χ1v) is 5.33. The van der Waals surface area contributed by atoms with Crippen molar-refractivity contribution in [3.05, 3.63) is 46.5 Å². The zero-order valence-electron chi connectivity index (χ0n) is 8.43. The summed E-state index contributed by atoms with van der Waals surface area (Å²) in [7, 11) is 0. The summed E-state index contributed by atoms with van der Waals surface area (Å²) in [6, 6.07) is 10.4. The molecule has 1 aromatic carbocycles. The van der Waals surface area contributed by atoms with Gasteiger partial charge in [-0.1, -0.05) is 30.3 Å². The molecule has 2 nitrogen and oxygen atoms in total. The van der Waals surface area contributed by atoms with Gasteiger partial charge in [0.05, 0.1) is 5.69 Å². The minimum atomic E-state index is 0. The zero-order valence-corrected chi connectivity index (χ0v) is 10.1. The van der Waals surface area contributed by atoms with E-state index in [4.69, 9.17) is 5.73 Å². The predicted octanol–water partition coefficient (Wildman–Crippen LogP) is 3.05. The van der Waals surface area contributed by atoms with Crippen molar-refractivity contribution in [1.82, 2.24) is 4.98 Å². The molecule has 2 rings (SSSR count). The van der Waals surface area contributed by atoms with Crippen LogP contribution < -0.4 is 5.73 Å². The molecule has 0 aliphatic heterocycles. The van der Waals surface area contributed by atoms with E-state index in [-0.39, 0.29) is 12.4 Å². The number of hydrogen-bond donors (Lipinski definition) is 1. The highest BCUT2D eigenvalue weighted by Crippen LogP contribution is 2.22. The second-order valence-electron chi connectivity index (χ2n) is 3.22. The maximum atomic E-state index is 5.64. The molecule has 0 fully saturated rings. The molecule has 2 aromatic rings. The number of aromatic nitrogens is 1. The fraction of sp³-hybridized carbons (Fsp3) is 0.182. The molecule has 0 atom stereocenters. The van der Waals surface area contributed by atoms with Crippen molar-refractivity contribution in [3.8, 4) is 0 Å². The van der Waals surface area contributed by atoms with Crippen molar-refractivity contribution in [1.29, 1.82) is 0 Å². The van der Waals surface area contributed by atoms with Crippen LogP contribution in [0.5, 0.6) is 0 Å². The molecule has 0 spiro atoms. The first-order valence-electron chi connectivity index (χ1n) is 4.51.